The predicted octanol–water partition coefficient (Wildman–Crippen LogP) is 5.18. The fourth-order valence-electron chi connectivity index (χ4n) is 4.73. The number of hydrogen-bond donors (Lipinski definition) is 1. The van der Waals surface area contributed by atoms with Crippen LogP contribution in [0.5, 0.6) is 5.75 Å². The maximum Gasteiger partial charge on any atom is 0.416 e. The summed E-state index contributed by atoms with van der Waals surface area (Å²) >= 11 is 0. The van der Waals surface area contributed by atoms with E-state index in [1.807, 2.05) is 30.3 Å². The molecule has 4 aromatic rings. The van der Waals surface area contributed by atoms with E-state index in [2.05, 4.69) is 37.2 Å². The van der Waals surface area contributed by atoms with E-state index in [-0.39, 0.29) is 13.2 Å². The third kappa shape index (κ3) is 7.61. The van der Waals surface area contributed by atoms with Crippen molar-refractivity contribution in [3.05, 3.63) is 108 Å². The number of para-hydroxylation sites is 1. The molecule has 1 fully saturated rings. The molecule has 0 radical (unpaired) electrons. The van der Waals surface area contributed by atoms with Gasteiger partial charge in [0, 0.05) is 68.5 Å². The number of nitrogens with one attached hydrogen (secondary N) is 1. The summed E-state index contributed by atoms with van der Waals surface area (Å²) in [5.41, 5.74) is 2.54. The van der Waals surface area contributed by atoms with Gasteiger partial charge in [0.2, 0.25) is 0 Å². The van der Waals surface area contributed by atoms with Crippen molar-refractivity contribution in [3.8, 4) is 17.1 Å². The van der Waals surface area contributed by atoms with E-state index in [1.54, 1.807) is 24.5 Å². The van der Waals surface area contributed by atoms with Crippen molar-refractivity contribution in [2.45, 2.75) is 19.3 Å². The molecule has 7 nitrogen and oxygen atoms in total. The van der Waals surface area contributed by atoms with E-state index in [0.29, 0.717) is 23.7 Å². The molecule has 1 N–H and O–H groups in total. The van der Waals surface area contributed by atoms with Crippen LogP contribution in [0.25, 0.3) is 11.4 Å². The predicted molar refractivity (Wildman–Crippen MR) is 150 cm³/mol. The largest absolute Gasteiger partial charge is 0.483 e. The molecule has 1 saturated heterocycles. The Bertz CT molecular complexity index is 1440. The second-order valence-electron chi connectivity index (χ2n) is 9.76. The van der Waals surface area contributed by atoms with Crippen molar-refractivity contribution in [3.63, 3.8) is 0 Å². The number of alkyl halides is 3. The first-order chi connectivity index (χ1) is 19.8. The van der Waals surface area contributed by atoms with E-state index in [1.165, 1.54) is 17.8 Å². The molecule has 1 aliphatic heterocycles. The summed E-state index contributed by atoms with van der Waals surface area (Å²) < 4.78 is 44.9. The van der Waals surface area contributed by atoms with Crippen LogP contribution in [0.1, 0.15) is 16.7 Å². The Kier molecular flexibility index (Phi) is 8.79. The van der Waals surface area contributed by atoms with Gasteiger partial charge in [0.15, 0.2) is 12.4 Å². The Labute approximate surface area is 236 Å². The number of rotatable bonds is 9. The molecule has 0 atom stereocenters. The minimum Gasteiger partial charge on any atom is -0.483 e. The number of carbonyl (C=O) groups excluding carboxylic acids is 1. The average molecular weight is 562 g/mol. The standard InChI is InChI=1S/C31H30F3N5O2/c32-31(33,34)26-7-4-6-23(18-26)20-37-29(40)22-41-28-11-10-24(30-35-12-5-13-36-30)19-25(28)21-38-14-16-39(17-15-38)27-8-2-1-3-9-27/h1-13,18-19H,14-17,20-22H2,(H,37,40). The zero-order valence-corrected chi connectivity index (χ0v) is 22.3. The van der Waals surface area contributed by atoms with Crippen molar-refractivity contribution >= 4 is 11.6 Å². The number of amides is 1. The number of carbonyl (C=O) groups is 1. The van der Waals surface area contributed by atoms with Gasteiger partial charge >= 0.3 is 6.18 Å². The van der Waals surface area contributed by atoms with Gasteiger partial charge in [-0.2, -0.15) is 13.2 Å². The number of hydrogen-bond acceptors (Lipinski definition) is 6. The lowest BCUT2D eigenvalue weighted by Gasteiger charge is -2.36. The van der Waals surface area contributed by atoms with Crippen LogP contribution < -0.4 is 15.0 Å². The Balaban J connectivity index is 1.23. The van der Waals surface area contributed by atoms with Crippen LogP contribution in [0.2, 0.25) is 0 Å². The molecule has 1 aromatic heterocycles. The molecule has 10 heteroatoms. The number of ether oxygens (including phenoxy) is 1. The Morgan fingerprint density at radius 1 is 0.878 bits per heavy atom. The van der Waals surface area contributed by atoms with Crippen LogP contribution in [0.4, 0.5) is 18.9 Å². The van der Waals surface area contributed by atoms with E-state index < -0.39 is 17.6 Å². The summed E-state index contributed by atoms with van der Waals surface area (Å²) in [4.78, 5) is 25.9. The molecular weight excluding hydrogens is 531 g/mol. The van der Waals surface area contributed by atoms with Crippen molar-refractivity contribution in [1.29, 1.82) is 0 Å². The summed E-state index contributed by atoms with van der Waals surface area (Å²) in [6.07, 6.45) is -1.07. The molecule has 5 rings (SSSR count). The second kappa shape index (κ2) is 12.8. The number of piperazine rings is 1. The summed E-state index contributed by atoms with van der Waals surface area (Å²) in [6.45, 7) is 3.81. The first kappa shape index (κ1) is 28.1. The molecule has 41 heavy (non-hydrogen) atoms. The summed E-state index contributed by atoms with van der Waals surface area (Å²) in [5.74, 6) is 0.720. The van der Waals surface area contributed by atoms with Gasteiger partial charge in [-0.15, -0.1) is 0 Å². The van der Waals surface area contributed by atoms with E-state index in [0.717, 1.165) is 49.4 Å². The molecule has 2 heterocycles. The van der Waals surface area contributed by atoms with Crippen molar-refractivity contribution < 1.29 is 22.7 Å². The van der Waals surface area contributed by atoms with E-state index in [4.69, 9.17) is 4.74 Å². The smallest absolute Gasteiger partial charge is 0.416 e. The third-order valence-corrected chi connectivity index (χ3v) is 6.87. The molecule has 3 aromatic carbocycles. The topological polar surface area (TPSA) is 70.6 Å². The number of benzene rings is 3. The fourth-order valence-corrected chi connectivity index (χ4v) is 4.73. The van der Waals surface area contributed by atoms with Gasteiger partial charge in [-0.1, -0.05) is 30.3 Å². The first-order valence-electron chi connectivity index (χ1n) is 13.3. The first-order valence-corrected chi connectivity index (χ1v) is 13.3. The quantitative estimate of drug-likeness (QED) is 0.304. The van der Waals surface area contributed by atoms with Crippen molar-refractivity contribution in [1.82, 2.24) is 20.2 Å². The third-order valence-electron chi connectivity index (χ3n) is 6.87. The number of anilines is 1. The summed E-state index contributed by atoms with van der Waals surface area (Å²) in [5, 5.41) is 2.64. The van der Waals surface area contributed by atoms with Crippen LogP contribution in [0.3, 0.4) is 0 Å². The maximum atomic E-state index is 13.0. The normalized spacial score (nSPS) is 14.1. The highest BCUT2D eigenvalue weighted by Gasteiger charge is 2.30. The van der Waals surface area contributed by atoms with Crippen LogP contribution in [0.15, 0.2) is 91.3 Å². The van der Waals surface area contributed by atoms with Gasteiger partial charge in [-0.25, -0.2) is 9.97 Å². The van der Waals surface area contributed by atoms with Gasteiger partial charge < -0.3 is 15.0 Å². The zero-order valence-electron chi connectivity index (χ0n) is 22.3. The molecule has 0 bridgehead atoms. The summed E-state index contributed by atoms with van der Waals surface area (Å²) in [7, 11) is 0. The lowest BCUT2D eigenvalue weighted by molar-refractivity contribution is -0.137. The van der Waals surface area contributed by atoms with Crippen molar-refractivity contribution in [2.75, 3.05) is 37.7 Å². The minimum atomic E-state index is -4.44. The van der Waals surface area contributed by atoms with Crippen LogP contribution in [0, 0.1) is 0 Å². The summed E-state index contributed by atoms with van der Waals surface area (Å²) in [6, 6.07) is 22.6. The monoisotopic (exact) mass is 561 g/mol. The van der Waals surface area contributed by atoms with Gasteiger partial charge in [-0.05, 0) is 54.1 Å². The molecule has 0 saturated carbocycles. The lowest BCUT2D eigenvalue weighted by Crippen LogP contribution is -2.46. The van der Waals surface area contributed by atoms with E-state index in [9.17, 15) is 18.0 Å². The molecular formula is C31H30F3N5O2. The highest BCUT2D eigenvalue weighted by atomic mass is 19.4. The lowest BCUT2D eigenvalue weighted by atomic mass is 10.1. The number of halogens is 3. The Morgan fingerprint density at radius 3 is 2.37 bits per heavy atom. The molecule has 0 aliphatic carbocycles. The Morgan fingerprint density at radius 2 is 1.63 bits per heavy atom. The molecule has 0 unspecified atom stereocenters. The van der Waals surface area contributed by atoms with Crippen LogP contribution in [-0.2, 0) is 24.1 Å². The highest BCUT2D eigenvalue weighted by molar-refractivity contribution is 5.77. The number of aromatic nitrogens is 2. The number of nitrogens with zero attached hydrogens (tertiary/aromatic N) is 4. The maximum absolute atomic E-state index is 13.0. The van der Waals surface area contributed by atoms with Crippen LogP contribution in [-0.4, -0.2) is 53.6 Å². The van der Waals surface area contributed by atoms with Crippen LogP contribution >= 0.6 is 0 Å². The van der Waals surface area contributed by atoms with Crippen molar-refractivity contribution in [2.24, 2.45) is 0 Å². The fraction of sp³-hybridized carbons (Fsp3) is 0.258. The average Bonchev–Trinajstić information content (AvgIpc) is 3.00. The Hall–Kier alpha value is -4.44. The minimum absolute atomic E-state index is 0.0328. The molecule has 212 valence electrons. The molecule has 0 spiro atoms. The van der Waals surface area contributed by atoms with Gasteiger partial charge in [0.25, 0.3) is 5.91 Å². The molecule has 1 amide bonds. The van der Waals surface area contributed by atoms with Gasteiger partial charge in [-0.3, -0.25) is 9.69 Å². The SMILES string of the molecule is O=C(COc1ccc(-c2ncccn2)cc1CN1CCN(c2ccccc2)CC1)NCc1cccc(C(F)(F)F)c1. The van der Waals surface area contributed by atoms with Gasteiger partial charge in [0.05, 0.1) is 5.56 Å². The molecule has 1 aliphatic rings. The highest BCUT2D eigenvalue weighted by Crippen LogP contribution is 2.30. The van der Waals surface area contributed by atoms with Gasteiger partial charge in [0.1, 0.15) is 5.75 Å². The van der Waals surface area contributed by atoms with E-state index >= 15 is 0 Å². The zero-order chi connectivity index (χ0) is 28.7. The second-order valence-corrected chi connectivity index (χ2v) is 9.76.